The maximum absolute atomic E-state index is 13.9. The molecule has 1 saturated heterocycles. The molecule has 32 heavy (non-hydrogen) atoms. The van der Waals surface area contributed by atoms with Gasteiger partial charge in [0.1, 0.15) is 5.75 Å². The van der Waals surface area contributed by atoms with E-state index in [0.717, 1.165) is 54.0 Å². The molecule has 1 unspecified atom stereocenters. The van der Waals surface area contributed by atoms with Crippen molar-refractivity contribution < 1.29 is 9.53 Å². The fraction of sp³-hybridized carbons (Fsp3) is 0.222. The van der Waals surface area contributed by atoms with Gasteiger partial charge in [0.2, 0.25) is 0 Å². The number of aromatic amines is 1. The molecule has 1 fully saturated rings. The maximum atomic E-state index is 13.9. The van der Waals surface area contributed by atoms with Crippen LogP contribution < -0.4 is 9.64 Å². The van der Waals surface area contributed by atoms with Gasteiger partial charge in [0, 0.05) is 54.5 Å². The lowest BCUT2D eigenvalue weighted by Gasteiger charge is -2.39. The van der Waals surface area contributed by atoms with Crippen LogP contribution in [-0.4, -0.2) is 49.0 Å². The van der Waals surface area contributed by atoms with Gasteiger partial charge in [-0.15, -0.1) is 0 Å². The molecule has 3 aromatic carbocycles. The van der Waals surface area contributed by atoms with Crippen molar-refractivity contribution in [1.29, 1.82) is 0 Å². The smallest absolute Gasteiger partial charge is 0.186 e. The third kappa shape index (κ3) is 3.87. The monoisotopic (exact) mass is 425 g/mol. The number of hydrogen-bond acceptors (Lipinski definition) is 4. The summed E-state index contributed by atoms with van der Waals surface area (Å²) in [6, 6.07) is 26.0. The fourth-order valence-electron chi connectivity index (χ4n) is 4.62. The van der Waals surface area contributed by atoms with E-state index in [1.165, 1.54) is 5.69 Å². The number of carbonyl (C=O) groups excluding carboxylic acids is 1. The van der Waals surface area contributed by atoms with Gasteiger partial charge < -0.3 is 14.6 Å². The van der Waals surface area contributed by atoms with Crippen LogP contribution in [0.2, 0.25) is 0 Å². The van der Waals surface area contributed by atoms with Gasteiger partial charge in [-0.3, -0.25) is 9.69 Å². The van der Waals surface area contributed by atoms with Crippen LogP contribution in [0.5, 0.6) is 5.75 Å². The molecule has 4 aromatic rings. The SMILES string of the molecule is COc1ccc(N2CCN(C(C(=O)c3c[nH]c4ccccc34)c3ccccc3)CC2)cc1. The number of nitrogens with one attached hydrogen (secondary N) is 1. The summed E-state index contributed by atoms with van der Waals surface area (Å²) in [7, 11) is 1.68. The molecular formula is C27H27N3O2. The lowest BCUT2D eigenvalue weighted by atomic mass is 9.95. The van der Waals surface area contributed by atoms with Gasteiger partial charge in [0.15, 0.2) is 5.78 Å². The zero-order chi connectivity index (χ0) is 21.9. The van der Waals surface area contributed by atoms with Gasteiger partial charge in [0.05, 0.1) is 13.2 Å². The van der Waals surface area contributed by atoms with Crippen molar-refractivity contribution in [2.24, 2.45) is 0 Å². The Balaban J connectivity index is 1.40. The molecule has 0 spiro atoms. The number of H-pyrrole nitrogens is 1. The highest BCUT2D eigenvalue weighted by Gasteiger charge is 2.32. The zero-order valence-corrected chi connectivity index (χ0v) is 18.2. The normalized spacial score (nSPS) is 15.6. The Morgan fingerprint density at radius 3 is 2.28 bits per heavy atom. The summed E-state index contributed by atoms with van der Waals surface area (Å²) in [5.41, 5.74) is 3.98. The summed E-state index contributed by atoms with van der Waals surface area (Å²) in [5.74, 6) is 1.01. The van der Waals surface area contributed by atoms with E-state index in [0.29, 0.717) is 0 Å². The van der Waals surface area contributed by atoms with E-state index in [1.54, 1.807) is 7.11 Å². The molecule has 0 radical (unpaired) electrons. The Hall–Kier alpha value is -3.57. The Morgan fingerprint density at radius 1 is 0.875 bits per heavy atom. The molecular weight excluding hydrogens is 398 g/mol. The number of aromatic nitrogens is 1. The van der Waals surface area contributed by atoms with Crippen molar-refractivity contribution in [1.82, 2.24) is 9.88 Å². The number of benzene rings is 3. The third-order valence-electron chi connectivity index (χ3n) is 6.34. The standard InChI is InChI=1S/C27H27N3O2/c1-32-22-13-11-21(12-14-22)29-15-17-30(18-16-29)26(20-7-3-2-4-8-20)27(31)24-19-28-25-10-6-5-9-23(24)25/h2-14,19,26,28H,15-18H2,1H3. The number of hydrogen-bond donors (Lipinski definition) is 1. The molecule has 1 N–H and O–H groups in total. The number of ketones is 1. The first kappa shape index (κ1) is 20.3. The Kier molecular flexibility index (Phi) is 5.65. The number of rotatable bonds is 6. The molecule has 0 aliphatic carbocycles. The number of anilines is 1. The molecule has 5 heteroatoms. The molecule has 5 nitrogen and oxygen atoms in total. The van der Waals surface area contributed by atoms with Crippen LogP contribution in [0, 0.1) is 0 Å². The lowest BCUT2D eigenvalue weighted by molar-refractivity contribution is 0.0808. The van der Waals surface area contributed by atoms with Crippen molar-refractivity contribution >= 4 is 22.4 Å². The number of Topliss-reactive ketones (excluding diaryl/α,β-unsaturated/α-hetero) is 1. The lowest BCUT2D eigenvalue weighted by Crippen LogP contribution is -2.49. The van der Waals surface area contributed by atoms with Crippen molar-refractivity contribution in [3.05, 3.63) is 96.2 Å². The summed E-state index contributed by atoms with van der Waals surface area (Å²) in [4.78, 5) is 21.8. The average molecular weight is 426 g/mol. The predicted molar refractivity (Wildman–Crippen MR) is 129 cm³/mol. The van der Waals surface area contributed by atoms with Crippen LogP contribution >= 0.6 is 0 Å². The van der Waals surface area contributed by atoms with Crippen molar-refractivity contribution in [3.8, 4) is 5.75 Å². The van der Waals surface area contributed by atoms with E-state index in [1.807, 2.05) is 60.8 Å². The minimum atomic E-state index is -0.298. The van der Waals surface area contributed by atoms with Gasteiger partial charge in [-0.1, -0.05) is 48.5 Å². The highest BCUT2D eigenvalue weighted by Crippen LogP contribution is 2.30. The van der Waals surface area contributed by atoms with Gasteiger partial charge in [0.25, 0.3) is 0 Å². The zero-order valence-electron chi connectivity index (χ0n) is 18.2. The number of fused-ring (bicyclic) bond motifs is 1. The summed E-state index contributed by atoms with van der Waals surface area (Å²) >= 11 is 0. The molecule has 1 atom stereocenters. The third-order valence-corrected chi connectivity index (χ3v) is 6.34. The van der Waals surface area contributed by atoms with E-state index in [4.69, 9.17) is 4.74 Å². The molecule has 1 aliphatic rings. The summed E-state index contributed by atoms with van der Waals surface area (Å²) in [6.07, 6.45) is 1.86. The quantitative estimate of drug-likeness (QED) is 0.446. The van der Waals surface area contributed by atoms with Crippen LogP contribution in [0.3, 0.4) is 0 Å². The van der Waals surface area contributed by atoms with Gasteiger partial charge in [-0.25, -0.2) is 0 Å². The highest BCUT2D eigenvalue weighted by molar-refractivity contribution is 6.10. The second-order valence-corrected chi connectivity index (χ2v) is 8.15. The Morgan fingerprint density at radius 2 is 1.56 bits per heavy atom. The number of nitrogens with zero attached hydrogens (tertiary/aromatic N) is 2. The second kappa shape index (κ2) is 8.89. The van der Waals surface area contributed by atoms with E-state index in [-0.39, 0.29) is 11.8 Å². The van der Waals surface area contributed by atoms with Crippen LogP contribution in [-0.2, 0) is 0 Å². The second-order valence-electron chi connectivity index (χ2n) is 8.15. The summed E-state index contributed by atoms with van der Waals surface area (Å²) in [5, 5.41) is 0.982. The van der Waals surface area contributed by atoms with E-state index >= 15 is 0 Å². The Bertz CT molecular complexity index is 1190. The molecule has 1 aromatic heterocycles. The van der Waals surface area contributed by atoms with Gasteiger partial charge >= 0.3 is 0 Å². The summed E-state index contributed by atoms with van der Waals surface area (Å²) < 4.78 is 5.28. The number of piperazine rings is 1. The van der Waals surface area contributed by atoms with Gasteiger partial charge in [-0.2, -0.15) is 0 Å². The van der Waals surface area contributed by atoms with Crippen molar-refractivity contribution in [2.45, 2.75) is 6.04 Å². The number of para-hydroxylation sites is 1. The average Bonchev–Trinajstić information content (AvgIpc) is 3.30. The first-order valence-electron chi connectivity index (χ1n) is 11.0. The van der Waals surface area contributed by atoms with Crippen molar-refractivity contribution in [2.75, 3.05) is 38.2 Å². The maximum Gasteiger partial charge on any atom is 0.186 e. The van der Waals surface area contributed by atoms with Crippen LogP contribution in [0.4, 0.5) is 5.69 Å². The number of carbonyl (C=O) groups is 1. The van der Waals surface area contributed by atoms with E-state index in [9.17, 15) is 4.79 Å². The first-order valence-corrected chi connectivity index (χ1v) is 11.0. The molecule has 2 heterocycles. The van der Waals surface area contributed by atoms with Crippen molar-refractivity contribution in [3.63, 3.8) is 0 Å². The highest BCUT2D eigenvalue weighted by atomic mass is 16.5. The molecule has 0 saturated carbocycles. The topological polar surface area (TPSA) is 48.6 Å². The van der Waals surface area contributed by atoms with Crippen LogP contribution in [0.25, 0.3) is 10.9 Å². The molecule has 162 valence electrons. The number of methoxy groups -OCH3 is 1. The molecule has 0 bridgehead atoms. The first-order chi connectivity index (χ1) is 15.7. The molecule has 5 rings (SSSR count). The number of ether oxygens (including phenoxy) is 1. The predicted octanol–water partition coefficient (Wildman–Crippen LogP) is 4.92. The molecule has 1 aliphatic heterocycles. The largest absolute Gasteiger partial charge is 0.497 e. The van der Waals surface area contributed by atoms with Gasteiger partial charge in [-0.05, 0) is 35.9 Å². The minimum absolute atomic E-state index is 0.145. The fourth-order valence-corrected chi connectivity index (χ4v) is 4.62. The minimum Gasteiger partial charge on any atom is -0.497 e. The van der Waals surface area contributed by atoms with E-state index < -0.39 is 0 Å². The molecule has 0 amide bonds. The van der Waals surface area contributed by atoms with Crippen LogP contribution in [0.1, 0.15) is 22.0 Å². The Labute approximate surface area is 188 Å². The summed E-state index contributed by atoms with van der Waals surface area (Å²) in [6.45, 7) is 3.38. The van der Waals surface area contributed by atoms with E-state index in [2.05, 4.69) is 39.0 Å². The van der Waals surface area contributed by atoms with Crippen LogP contribution in [0.15, 0.2) is 85.1 Å².